The summed E-state index contributed by atoms with van der Waals surface area (Å²) in [4.78, 5) is 33.8. The monoisotopic (exact) mass is 274 g/mol. The van der Waals surface area contributed by atoms with E-state index in [1.54, 1.807) is 19.1 Å². The molecule has 1 aliphatic heterocycles. The van der Waals surface area contributed by atoms with Gasteiger partial charge in [0.05, 0.1) is 4.92 Å². The summed E-state index contributed by atoms with van der Waals surface area (Å²) in [6.07, 6.45) is 0.118. The predicted molar refractivity (Wildman–Crippen MR) is 72.0 cm³/mol. The number of benzene rings is 1. The summed E-state index contributed by atoms with van der Waals surface area (Å²) in [5.74, 6) is -0.760. The third-order valence-electron chi connectivity index (χ3n) is 3.33. The summed E-state index contributed by atoms with van der Waals surface area (Å²) in [6.45, 7) is 3.10. The molecular formula is C14H14N2O4. The Bertz CT molecular complexity index is 634. The molecule has 0 saturated carbocycles. The Morgan fingerprint density at radius 2 is 2.15 bits per heavy atom. The predicted octanol–water partition coefficient (Wildman–Crippen LogP) is 2.06. The molecule has 1 aromatic rings. The van der Waals surface area contributed by atoms with Crippen molar-refractivity contribution < 1.29 is 14.5 Å². The van der Waals surface area contributed by atoms with Crippen molar-refractivity contribution in [3.63, 3.8) is 0 Å². The van der Waals surface area contributed by atoms with Gasteiger partial charge in [-0.25, -0.2) is 0 Å². The molecule has 0 spiro atoms. The van der Waals surface area contributed by atoms with Crippen LogP contribution in [0.1, 0.15) is 31.7 Å². The Morgan fingerprint density at radius 3 is 2.75 bits per heavy atom. The minimum atomic E-state index is -0.490. The van der Waals surface area contributed by atoms with Crippen LogP contribution in [-0.2, 0) is 9.59 Å². The van der Waals surface area contributed by atoms with Gasteiger partial charge in [-0.1, -0.05) is 12.1 Å². The summed E-state index contributed by atoms with van der Waals surface area (Å²) in [7, 11) is 0. The van der Waals surface area contributed by atoms with Gasteiger partial charge in [0.15, 0.2) is 5.78 Å². The van der Waals surface area contributed by atoms with Crippen molar-refractivity contribution in [2.75, 3.05) is 0 Å². The van der Waals surface area contributed by atoms with Crippen molar-refractivity contribution in [2.45, 2.75) is 26.2 Å². The number of nitrogens with one attached hydrogen (secondary N) is 1. The summed E-state index contributed by atoms with van der Waals surface area (Å²) in [5.41, 5.74) is 1.59. The topological polar surface area (TPSA) is 89.3 Å². The van der Waals surface area contributed by atoms with E-state index in [1.165, 1.54) is 19.1 Å². The first-order valence-electron chi connectivity index (χ1n) is 6.16. The second kappa shape index (κ2) is 5.24. The van der Waals surface area contributed by atoms with E-state index in [9.17, 15) is 19.7 Å². The lowest BCUT2D eigenvalue weighted by atomic mass is 9.82. The third kappa shape index (κ3) is 2.59. The second-order valence-electron chi connectivity index (χ2n) is 4.75. The van der Waals surface area contributed by atoms with Crippen LogP contribution in [0.15, 0.2) is 35.5 Å². The molecule has 1 aliphatic rings. The molecule has 6 heteroatoms. The van der Waals surface area contributed by atoms with Gasteiger partial charge in [0.25, 0.3) is 5.69 Å². The molecule has 1 N–H and O–H groups in total. The maximum atomic E-state index is 11.8. The number of nitro groups is 1. The molecule has 2 rings (SSSR count). The molecule has 0 fully saturated rings. The normalized spacial score (nSPS) is 18.7. The van der Waals surface area contributed by atoms with Crippen molar-refractivity contribution in [3.05, 3.63) is 51.2 Å². The quantitative estimate of drug-likeness (QED) is 0.674. The summed E-state index contributed by atoms with van der Waals surface area (Å²) in [6, 6.07) is 6.06. The number of carbonyl (C=O) groups is 2. The highest BCUT2D eigenvalue weighted by Crippen LogP contribution is 2.34. The number of hydrogen-bond donors (Lipinski definition) is 1. The van der Waals surface area contributed by atoms with E-state index in [2.05, 4.69) is 5.32 Å². The van der Waals surface area contributed by atoms with Crippen molar-refractivity contribution in [3.8, 4) is 0 Å². The molecule has 0 bridgehead atoms. The zero-order valence-electron chi connectivity index (χ0n) is 11.2. The number of Topliss-reactive ketones (excluding diaryl/α,β-unsaturated/α-hetero) is 1. The van der Waals surface area contributed by atoms with Crippen molar-refractivity contribution in [2.24, 2.45) is 0 Å². The van der Waals surface area contributed by atoms with Gasteiger partial charge in [-0.15, -0.1) is 0 Å². The van der Waals surface area contributed by atoms with Crippen LogP contribution in [0.3, 0.4) is 0 Å². The molecule has 6 nitrogen and oxygen atoms in total. The first kappa shape index (κ1) is 13.9. The molecular weight excluding hydrogens is 260 g/mol. The van der Waals surface area contributed by atoms with E-state index >= 15 is 0 Å². The van der Waals surface area contributed by atoms with E-state index < -0.39 is 10.8 Å². The molecule has 20 heavy (non-hydrogen) atoms. The van der Waals surface area contributed by atoms with Gasteiger partial charge >= 0.3 is 0 Å². The fourth-order valence-corrected chi connectivity index (χ4v) is 2.53. The summed E-state index contributed by atoms with van der Waals surface area (Å²) < 4.78 is 0. The zero-order valence-corrected chi connectivity index (χ0v) is 11.2. The Balaban J connectivity index is 2.51. The fraction of sp³-hybridized carbons (Fsp3) is 0.286. The number of nitrogens with zero attached hydrogens (tertiary/aromatic N) is 1. The molecule has 1 aromatic carbocycles. The van der Waals surface area contributed by atoms with Crippen LogP contribution < -0.4 is 5.32 Å². The number of non-ortho nitro benzene ring substituents is 1. The van der Waals surface area contributed by atoms with Gasteiger partial charge in [0, 0.05) is 35.7 Å². The van der Waals surface area contributed by atoms with E-state index in [4.69, 9.17) is 0 Å². The molecule has 104 valence electrons. The maximum Gasteiger partial charge on any atom is 0.269 e. The average molecular weight is 274 g/mol. The number of nitro benzene ring substituents is 1. The minimum absolute atomic E-state index is 0.0472. The number of amides is 1. The molecule has 0 radical (unpaired) electrons. The summed E-state index contributed by atoms with van der Waals surface area (Å²) >= 11 is 0. The molecule has 1 unspecified atom stereocenters. The third-order valence-corrected chi connectivity index (χ3v) is 3.33. The number of allylic oxidation sites excluding steroid dienone is 2. The Labute approximate surface area is 115 Å². The van der Waals surface area contributed by atoms with Crippen LogP contribution in [0.2, 0.25) is 0 Å². The fourth-order valence-electron chi connectivity index (χ4n) is 2.53. The number of carbonyl (C=O) groups excluding carboxylic acids is 2. The molecule has 0 aromatic heterocycles. The highest BCUT2D eigenvalue weighted by Gasteiger charge is 2.30. The van der Waals surface area contributed by atoms with Gasteiger partial charge in [0.1, 0.15) is 0 Å². The minimum Gasteiger partial charge on any atom is -0.330 e. The van der Waals surface area contributed by atoms with Crippen molar-refractivity contribution >= 4 is 17.4 Å². The average Bonchev–Trinajstić information content (AvgIpc) is 2.37. The number of hydrogen-bond acceptors (Lipinski definition) is 4. The Morgan fingerprint density at radius 1 is 1.45 bits per heavy atom. The standard InChI is InChI=1S/C14H14N2O4/c1-8-14(9(2)17)12(7-13(18)15-8)10-4-3-5-11(6-10)16(19)20/h3-6,12H,7H2,1-2H3,(H,15,18). The first-order chi connectivity index (χ1) is 9.40. The van der Waals surface area contributed by atoms with Gasteiger partial charge in [-0.05, 0) is 19.4 Å². The van der Waals surface area contributed by atoms with Gasteiger partial charge in [-0.2, -0.15) is 0 Å². The highest BCUT2D eigenvalue weighted by atomic mass is 16.6. The lowest BCUT2D eigenvalue weighted by Gasteiger charge is -2.26. The van der Waals surface area contributed by atoms with Crippen LogP contribution in [-0.4, -0.2) is 16.6 Å². The van der Waals surface area contributed by atoms with E-state index in [0.29, 0.717) is 16.8 Å². The highest BCUT2D eigenvalue weighted by molar-refractivity contribution is 5.99. The van der Waals surface area contributed by atoms with Crippen molar-refractivity contribution in [1.82, 2.24) is 5.32 Å². The summed E-state index contributed by atoms with van der Waals surface area (Å²) in [5, 5.41) is 13.5. The lowest BCUT2D eigenvalue weighted by molar-refractivity contribution is -0.384. The molecule has 0 saturated heterocycles. The van der Waals surface area contributed by atoms with Crippen LogP contribution in [0.25, 0.3) is 0 Å². The van der Waals surface area contributed by atoms with E-state index in [1.807, 2.05) is 0 Å². The lowest BCUT2D eigenvalue weighted by Crippen LogP contribution is -2.33. The first-order valence-corrected chi connectivity index (χ1v) is 6.16. The number of rotatable bonds is 3. The smallest absolute Gasteiger partial charge is 0.269 e. The Kier molecular flexibility index (Phi) is 3.65. The SMILES string of the molecule is CC(=O)C1=C(C)NC(=O)CC1c1cccc([N+](=O)[O-])c1. The largest absolute Gasteiger partial charge is 0.330 e. The van der Waals surface area contributed by atoms with Gasteiger partial charge in [-0.3, -0.25) is 19.7 Å². The molecule has 0 aliphatic carbocycles. The van der Waals surface area contributed by atoms with E-state index in [0.717, 1.165) is 0 Å². The van der Waals surface area contributed by atoms with Crippen molar-refractivity contribution in [1.29, 1.82) is 0 Å². The molecule has 1 atom stereocenters. The molecule has 1 heterocycles. The molecule has 1 amide bonds. The maximum absolute atomic E-state index is 11.8. The van der Waals surface area contributed by atoms with Crippen LogP contribution >= 0.6 is 0 Å². The van der Waals surface area contributed by atoms with Crippen LogP contribution in [0.4, 0.5) is 5.69 Å². The van der Waals surface area contributed by atoms with Gasteiger partial charge < -0.3 is 5.32 Å². The Hall–Kier alpha value is -2.50. The zero-order chi connectivity index (χ0) is 14.9. The van der Waals surface area contributed by atoms with E-state index in [-0.39, 0.29) is 23.8 Å². The number of ketones is 1. The van der Waals surface area contributed by atoms with Crippen LogP contribution in [0.5, 0.6) is 0 Å². The second-order valence-corrected chi connectivity index (χ2v) is 4.75. The van der Waals surface area contributed by atoms with Gasteiger partial charge in [0.2, 0.25) is 5.91 Å². The van der Waals surface area contributed by atoms with Crippen LogP contribution in [0, 0.1) is 10.1 Å².